The molecule has 1 N–H and O–H groups in total. The number of benzene rings is 2. The van der Waals surface area contributed by atoms with Gasteiger partial charge in [-0.2, -0.15) is 5.10 Å². The largest absolute Gasteiger partial charge is 0.370 e. The Bertz CT molecular complexity index is 1080. The second-order valence-corrected chi connectivity index (χ2v) is 8.42. The maximum Gasteiger partial charge on any atom is 0.270 e. The number of nitrogens with zero attached hydrogens (tertiary/aromatic N) is 3. The molecule has 0 bridgehead atoms. The first-order valence-corrected chi connectivity index (χ1v) is 11.3. The van der Waals surface area contributed by atoms with Gasteiger partial charge in [-0.15, -0.1) is 0 Å². The van der Waals surface area contributed by atoms with Gasteiger partial charge in [0.2, 0.25) is 11.8 Å². The number of hydrogen-bond donors (Lipinski definition) is 1. The fourth-order valence-corrected chi connectivity index (χ4v) is 4.02. The van der Waals surface area contributed by atoms with Crippen molar-refractivity contribution in [1.29, 1.82) is 0 Å². The van der Waals surface area contributed by atoms with Crippen LogP contribution in [0.5, 0.6) is 0 Å². The first kappa shape index (κ1) is 23.6. The van der Waals surface area contributed by atoms with Crippen LogP contribution < -0.4 is 5.43 Å². The number of hydrogen-bond acceptors (Lipinski definition) is 5. The highest BCUT2D eigenvalue weighted by atomic mass is 19.1. The summed E-state index contributed by atoms with van der Waals surface area (Å²) in [6, 6.07) is 16.0. The molecule has 0 radical (unpaired) electrons. The highest BCUT2D eigenvalue weighted by molar-refractivity contribution is 6.39. The smallest absolute Gasteiger partial charge is 0.270 e. The van der Waals surface area contributed by atoms with Crippen molar-refractivity contribution in [2.45, 2.75) is 32.0 Å². The quantitative estimate of drug-likeness (QED) is 0.675. The van der Waals surface area contributed by atoms with E-state index in [1.807, 2.05) is 30.3 Å². The Morgan fingerprint density at radius 2 is 1.85 bits per heavy atom. The van der Waals surface area contributed by atoms with E-state index >= 15 is 0 Å². The zero-order chi connectivity index (χ0) is 23.9. The Morgan fingerprint density at radius 1 is 1.06 bits per heavy atom. The Balaban J connectivity index is 1.48. The zero-order valence-electron chi connectivity index (χ0n) is 18.8. The third-order valence-corrected chi connectivity index (χ3v) is 5.85. The van der Waals surface area contributed by atoms with Crippen molar-refractivity contribution in [3.05, 3.63) is 71.5 Å². The van der Waals surface area contributed by atoms with Gasteiger partial charge in [-0.3, -0.25) is 14.4 Å². The first-order chi connectivity index (χ1) is 16.5. The molecule has 8 nitrogen and oxygen atoms in total. The van der Waals surface area contributed by atoms with Gasteiger partial charge < -0.3 is 14.5 Å². The lowest BCUT2D eigenvalue weighted by atomic mass is 10.1. The van der Waals surface area contributed by atoms with Gasteiger partial charge in [-0.05, 0) is 29.7 Å². The predicted molar refractivity (Wildman–Crippen MR) is 123 cm³/mol. The highest BCUT2D eigenvalue weighted by Gasteiger charge is 2.33. The normalized spacial score (nSPS) is 18.9. The standard InChI is InChI=1S/C25H27FN4O4/c26-20-8-4-7-19(13-20)17-34-21-14-29(12-11-18-5-2-1-3-6-18)24(32)16-30(15-21)25(33)22-9-10-23(31)28-27-22/h1-8,13,21H,9-12,14-17H2,(H,28,31). The number of rotatable bonds is 7. The van der Waals surface area contributed by atoms with Crippen molar-refractivity contribution in [2.24, 2.45) is 5.10 Å². The fraction of sp³-hybridized carbons (Fsp3) is 0.360. The van der Waals surface area contributed by atoms with Gasteiger partial charge in [-0.1, -0.05) is 42.5 Å². The van der Waals surface area contributed by atoms with Crippen LogP contribution in [0.2, 0.25) is 0 Å². The molecule has 9 heteroatoms. The van der Waals surface area contributed by atoms with Crippen LogP contribution in [0.1, 0.15) is 24.0 Å². The van der Waals surface area contributed by atoms with E-state index in [0.29, 0.717) is 25.1 Å². The van der Waals surface area contributed by atoms with Crippen LogP contribution in [0.25, 0.3) is 0 Å². The molecule has 1 unspecified atom stereocenters. The molecule has 4 rings (SSSR count). The SMILES string of the molecule is O=C1CCC(C(=O)N2CC(=O)N(CCc3ccccc3)CC(OCc3cccc(F)c3)C2)=NN1. The molecule has 1 fully saturated rings. The monoisotopic (exact) mass is 466 g/mol. The molecule has 2 aromatic rings. The fourth-order valence-electron chi connectivity index (χ4n) is 4.02. The molecule has 0 spiro atoms. The van der Waals surface area contributed by atoms with Crippen LogP contribution >= 0.6 is 0 Å². The lowest BCUT2D eigenvalue weighted by Gasteiger charge is -2.25. The van der Waals surface area contributed by atoms with Crippen LogP contribution in [0.15, 0.2) is 59.7 Å². The molecule has 0 saturated carbocycles. The summed E-state index contributed by atoms with van der Waals surface area (Å²) >= 11 is 0. The summed E-state index contributed by atoms with van der Waals surface area (Å²) in [6.07, 6.45) is 0.612. The molecule has 2 aliphatic rings. The van der Waals surface area contributed by atoms with Crippen LogP contribution in [0.4, 0.5) is 4.39 Å². The van der Waals surface area contributed by atoms with Crippen molar-refractivity contribution in [3.63, 3.8) is 0 Å². The van der Waals surface area contributed by atoms with Crippen molar-refractivity contribution >= 4 is 23.4 Å². The van der Waals surface area contributed by atoms with Crippen molar-refractivity contribution < 1.29 is 23.5 Å². The molecule has 2 heterocycles. The van der Waals surface area contributed by atoms with E-state index in [1.54, 1.807) is 17.0 Å². The zero-order valence-corrected chi connectivity index (χ0v) is 18.8. The van der Waals surface area contributed by atoms with E-state index in [0.717, 1.165) is 5.56 Å². The Morgan fingerprint density at radius 3 is 2.59 bits per heavy atom. The van der Waals surface area contributed by atoms with Crippen LogP contribution in [-0.4, -0.2) is 65.5 Å². The number of nitrogens with one attached hydrogen (secondary N) is 1. The average Bonchev–Trinajstić information content (AvgIpc) is 3.00. The third-order valence-electron chi connectivity index (χ3n) is 5.85. The molecular weight excluding hydrogens is 439 g/mol. The van der Waals surface area contributed by atoms with Gasteiger partial charge >= 0.3 is 0 Å². The van der Waals surface area contributed by atoms with Gasteiger partial charge in [0.15, 0.2) is 0 Å². The highest BCUT2D eigenvalue weighted by Crippen LogP contribution is 2.15. The second kappa shape index (κ2) is 11.0. The third kappa shape index (κ3) is 6.26. The lowest BCUT2D eigenvalue weighted by Crippen LogP contribution is -2.45. The molecule has 34 heavy (non-hydrogen) atoms. The van der Waals surface area contributed by atoms with Crippen molar-refractivity contribution in [1.82, 2.24) is 15.2 Å². The van der Waals surface area contributed by atoms with Gasteiger partial charge in [0.25, 0.3) is 5.91 Å². The number of carbonyl (C=O) groups excluding carboxylic acids is 3. The minimum absolute atomic E-state index is 0.0968. The number of ether oxygens (including phenoxy) is 1. The van der Waals surface area contributed by atoms with Crippen molar-refractivity contribution in [3.8, 4) is 0 Å². The van der Waals surface area contributed by atoms with E-state index < -0.39 is 12.0 Å². The molecule has 2 aromatic carbocycles. The Kier molecular flexibility index (Phi) is 7.64. The van der Waals surface area contributed by atoms with E-state index in [-0.39, 0.29) is 55.9 Å². The number of hydrazone groups is 1. The van der Waals surface area contributed by atoms with E-state index in [2.05, 4.69) is 10.5 Å². The predicted octanol–water partition coefficient (Wildman–Crippen LogP) is 1.89. The van der Waals surface area contributed by atoms with Gasteiger partial charge in [-0.25, -0.2) is 9.82 Å². The summed E-state index contributed by atoms with van der Waals surface area (Å²) in [5, 5.41) is 3.88. The second-order valence-electron chi connectivity index (χ2n) is 8.42. The molecular formula is C25H27FN4O4. The number of carbonyl (C=O) groups is 3. The number of halogens is 1. The molecule has 0 aliphatic carbocycles. The summed E-state index contributed by atoms with van der Waals surface area (Å²) in [7, 11) is 0. The Hall–Kier alpha value is -3.59. The van der Waals surface area contributed by atoms with Crippen molar-refractivity contribution in [2.75, 3.05) is 26.2 Å². The minimum Gasteiger partial charge on any atom is -0.370 e. The topological polar surface area (TPSA) is 91.3 Å². The van der Waals surface area contributed by atoms with E-state index in [4.69, 9.17) is 4.74 Å². The van der Waals surface area contributed by atoms with Gasteiger partial charge in [0.05, 0.1) is 12.7 Å². The summed E-state index contributed by atoms with van der Waals surface area (Å²) < 4.78 is 19.6. The average molecular weight is 467 g/mol. The molecule has 178 valence electrons. The van der Waals surface area contributed by atoms with E-state index in [1.165, 1.54) is 17.0 Å². The van der Waals surface area contributed by atoms with Crippen LogP contribution in [0, 0.1) is 5.82 Å². The molecule has 0 aromatic heterocycles. The number of amides is 3. The summed E-state index contributed by atoms with van der Waals surface area (Å²) in [4.78, 5) is 40.7. The maximum atomic E-state index is 13.6. The molecule has 2 aliphatic heterocycles. The maximum absolute atomic E-state index is 13.6. The van der Waals surface area contributed by atoms with Gasteiger partial charge in [0.1, 0.15) is 18.1 Å². The van der Waals surface area contributed by atoms with Crippen LogP contribution in [0.3, 0.4) is 0 Å². The Labute approximate surface area is 197 Å². The van der Waals surface area contributed by atoms with Crippen LogP contribution in [-0.2, 0) is 32.1 Å². The minimum atomic E-state index is -0.465. The van der Waals surface area contributed by atoms with E-state index in [9.17, 15) is 18.8 Å². The summed E-state index contributed by atoms with van der Waals surface area (Å²) in [5.74, 6) is -1.16. The first-order valence-electron chi connectivity index (χ1n) is 11.3. The summed E-state index contributed by atoms with van der Waals surface area (Å²) in [6.45, 7) is 1.05. The molecule has 3 amide bonds. The summed E-state index contributed by atoms with van der Waals surface area (Å²) in [5.41, 5.74) is 4.32. The van der Waals surface area contributed by atoms with Gasteiger partial charge in [0, 0.05) is 32.5 Å². The molecule has 1 atom stereocenters. The lowest BCUT2D eigenvalue weighted by molar-refractivity contribution is -0.135. The molecule has 1 saturated heterocycles.